The van der Waals surface area contributed by atoms with Crippen molar-refractivity contribution in [3.63, 3.8) is 0 Å². The van der Waals surface area contributed by atoms with Crippen LogP contribution in [0.2, 0.25) is 0 Å². The van der Waals surface area contributed by atoms with Crippen LogP contribution in [0, 0.1) is 12.1 Å². The Kier molecular flexibility index (Phi) is 5.00. The molecule has 0 N–H and O–H groups in total. The molecule has 3 aliphatic heterocycles. The molecule has 2 aromatic rings. The van der Waals surface area contributed by atoms with Crippen LogP contribution in [0.15, 0.2) is 82.1 Å². The average Bonchev–Trinajstić information content (AvgIpc) is 3.24. The molecule has 0 saturated carbocycles. The van der Waals surface area contributed by atoms with Crippen LogP contribution in [0.25, 0.3) is 12.2 Å². The van der Waals surface area contributed by atoms with Gasteiger partial charge in [-0.1, -0.05) is 0 Å². The van der Waals surface area contributed by atoms with E-state index in [1.165, 1.54) is 0 Å². The van der Waals surface area contributed by atoms with Crippen LogP contribution in [0.3, 0.4) is 0 Å². The first-order valence-corrected chi connectivity index (χ1v) is 8.77. The second-order valence-electron chi connectivity index (χ2n) is 6.63. The van der Waals surface area contributed by atoms with Crippen LogP contribution in [0.1, 0.15) is 22.3 Å². The van der Waals surface area contributed by atoms with Crippen molar-refractivity contribution in [1.29, 1.82) is 0 Å². The molecule has 3 heteroatoms. The molecule has 3 heterocycles. The number of nitrogens with zero attached hydrogens (tertiary/aromatic N) is 2. The Balaban J connectivity index is 0.00000180. The summed E-state index contributed by atoms with van der Waals surface area (Å²) < 4.78 is 0. The Morgan fingerprint density at radius 2 is 1.11 bits per heavy atom. The van der Waals surface area contributed by atoms with Crippen molar-refractivity contribution in [2.24, 2.45) is 9.98 Å². The van der Waals surface area contributed by atoms with Gasteiger partial charge in [0.05, 0.1) is 0 Å². The van der Waals surface area contributed by atoms with Crippen molar-refractivity contribution in [1.82, 2.24) is 0 Å². The van der Waals surface area contributed by atoms with Crippen LogP contribution in [-0.2, 0) is 33.9 Å². The fraction of sp³-hybridized carbons (Fsp3) is 0.0833. The smallest absolute Gasteiger partial charge is 0.263 e. The molecule has 0 spiro atoms. The summed E-state index contributed by atoms with van der Waals surface area (Å²) in [6.45, 7) is 0. The molecular formula is C24H16N2Pt. The Morgan fingerprint density at radius 3 is 1.59 bits per heavy atom. The molecule has 2 aromatic carbocycles. The molecule has 2 nitrogen and oxygen atoms in total. The molecule has 0 unspecified atom stereocenters. The molecule has 0 fully saturated rings. The number of aliphatic imine (C=N–C) groups is 2. The number of allylic oxidation sites excluding steroid dienone is 4. The topological polar surface area (TPSA) is 24.7 Å². The number of hydrogen-bond acceptors (Lipinski definition) is 2. The molecule has 5 rings (SSSR count). The van der Waals surface area contributed by atoms with Crippen LogP contribution in [0.4, 0.5) is 0 Å². The van der Waals surface area contributed by atoms with Gasteiger partial charge in [0.25, 0.3) is 0 Å². The number of benzene rings is 2. The minimum Gasteiger partial charge on any atom is -0.263 e. The summed E-state index contributed by atoms with van der Waals surface area (Å²) in [7, 11) is 0. The van der Waals surface area contributed by atoms with Gasteiger partial charge in [-0.25, -0.2) is 0 Å². The van der Waals surface area contributed by atoms with Gasteiger partial charge in [-0.3, -0.25) is 9.98 Å². The van der Waals surface area contributed by atoms with Gasteiger partial charge in [-0.15, -0.1) is 82.9 Å². The van der Waals surface area contributed by atoms with Gasteiger partial charge in [0.1, 0.15) is 0 Å². The Labute approximate surface area is 173 Å². The first kappa shape index (κ1) is 17.8. The summed E-state index contributed by atoms with van der Waals surface area (Å²) in [6, 6.07) is 19.4. The van der Waals surface area contributed by atoms with E-state index in [0.717, 1.165) is 57.9 Å². The summed E-state index contributed by atoms with van der Waals surface area (Å²) in [6.07, 6.45) is 14.0. The fourth-order valence-corrected chi connectivity index (χ4v) is 3.36. The predicted octanol–water partition coefficient (Wildman–Crippen LogP) is 4.79. The molecule has 8 bridgehead atoms. The summed E-state index contributed by atoms with van der Waals surface area (Å²) in [5, 5.41) is 0. The molecule has 0 aliphatic carbocycles. The molecule has 0 radical (unpaired) electrons. The van der Waals surface area contributed by atoms with Crippen LogP contribution >= 0.6 is 0 Å². The maximum atomic E-state index is 4.74. The molecule has 0 aromatic heterocycles. The van der Waals surface area contributed by atoms with Gasteiger partial charge < -0.3 is 0 Å². The maximum Gasteiger partial charge on any atom is 2.00 e. The Hall–Kier alpha value is -2.57. The van der Waals surface area contributed by atoms with E-state index < -0.39 is 0 Å². The molecule has 27 heavy (non-hydrogen) atoms. The first-order valence-electron chi connectivity index (χ1n) is 8.77. The quantitative estimate of drug-likeness (QED) is 0.441. The van der Waals surface area contributed by atoms with Crippen LogP contribution < -0.4 is 0 Å². The number of fused-ring (bicyclic) bond motifs is 6. The standard InChI is InChI=1S/C24H16N2.Pt/c1-3-17-11-18(4-1)14-22-8-10-24(26-22)16-20-6-2-5-19(12-20)15-23-9-7-21(13-17)25-23;/h1-10,13,16H,14-15H2;/q-2;+2/b21-13-,24-16-;. The fourth-order valence-electron chi connectivity index (χ4n) is 3.36. The molecule has 0 saturated heterocycles. The maximum absolute atomic E-state index is 4.74. The van der Waals surface area contributed by atoms with E-state index in [1.807, 2.05) is 0 Å². The SMILES string of the molecule is [Pt+2].[c-]1c2cccc1CC1=N/C(=C\c3[c-]c(ccc3)CC3=N/C(=C\2)C=C3)C=C1. The molecule has 3 aliphatic rings. The van der Waals surface area contributed by atoms with Gasteiger partial charge in [-0.05, 0) is 37.1 Å². The van der Waals surface area contributed by atoms with Crippen molar-refractivity contribution in [2.45, 2.75) is 12.8 Å². The van der Waals surface area contributed by atoms with E-state index in [0.29, 0.717) is 0 Å². The van der Waals surface area contributed by atoms with Gasteiger partial charge >= 0.3 is 21.1 Å². The summed E-state index contributed by atoms with van der Waals surface area (Å²) in [5.74, 6) is 0. The van der Waals surface area contributed by atoms with E-state index in [-0.39, 0.29) is 21.1 Å². The zero-order valence-electron chi connectivity index (χ0n) is 14.6. The first-order chi connectivity index (χ1) is 12.8. The monoisotopic (exact) mass is 527 g/mol. The van der Waals surface area contributed by atoms with E-state index in [9.17, 15) is 0 Å². The van der Waals surface area contributed by atoms with E-state index in [1.54, 1.807) is 0 Å². The Bertz CT molecular complexity index is 994. The second kappa shape index (κ2) is 7.58. The van der Waals surface area contributed by atoms with Gasteiger partial charge in [0.2, 0.25) is 0 Å². The predicted molar refractivity (Wildman–Crippen MR) is 107 cm³/mol. The van der Waals surface area contributed by atoms with Crippen LogP contribution in [-0.4, -0.2) is 11.4 Å². The zero-order chi connectivity index (χ0) is 17.3. The number of rotatable bonds is 0. The van der Waals surface area contributed by atoms with Gasteiger partial charge in [0.15, 0.2) is 0 Å². The van der Waals surface area contributed by atoms with Crippen molar-refractivity contribution in [3.05, 3.63) is 106 Å². The summed E-state index contributed by atoms with van der Waals surface area (Å²) >= 11 is 0. The normalized spacial score (nSPS) is 20.7. The largest absolute Gasteiger partial charge is 2.00 e. The van der Waals surface area contributed by atoms with Crippen LogP contribution in [0.5, 0.6) is 0 Å². The molecule has 132 valence electrons. The van der Waals surface area contributed by atoms with Crippen molar-refractivity contribution >= 4 is 23.6 Å². The number of hydrogen-bond donors (Lipinski definition) is 0. The third-order valence-electron chi connectivity index (χ3n) is 4.54. The summed E-state index contributed by atoms with van der Waals surface area (Å²) in [4.78, 5) is 9.48. The second-order valence-corrected chi connectivity index (χ2v) is 6.63. The summed E-state index contributed by atoms with van der Waals surface area (Å²) in [5.41, 5.74) is 8.42. The third-order valence-corrected chi connectivity index (χ3v) is 4.54. The van der Waals surface area contributed by atoms with E-state index in [2.05, 4.69) is 85.0 Å². The zero-order valence-corrected chi connectivity index (χ0v) is 16.8. The average molecular weight is 527 g/mol. The minimum absolute atomic E-state index is 0. The van der Waals surface area contributed by atoms with Gasteiger partial charge in [-0.2, -0.15) is 0 Å². The van der Waals surface area contributed by atoms with Crippen molar-refractivity contribution < 1.29 is 21.1 Å². The minimum atomic E-state index is 0. The van der Waals surface area contributed by atoms with Gasteiger partial charge in [0, 0.05) is 22.8 Å². The van der Waals surface area contributed by atoms with E-state index >= 15 is 0 Å². The Morgan fingerprint density at radius 1 is 0.630 bits per heavy atom. The third kappa shape index (κ3) is 4.07. The molecule has 0 amide bonds. The van der Waals surface area contributed by atoms with E-state index in [4.69, 9.17) is 9.98 Å². The molecule has 0 atom stereocenters. The van der Waals surface area contributed by atoms with Crippen molar-refractivity contribution in [3.8, 4) is 0 Å². The van der Waals surface area contributed by atoms with Crippen molar-refractivity contribution in [2.75, 3.05) is 0 Å². The molecular weight excluding hydrogens is 511 g/mol.